The molecule has 1 aliphatic rings. The first-order chi connectivity index (χ1) is 13.3. The number of hydrogen-bond acceptors (Lipinski definition) is 2. The van der Waals surface area contributed by atoms with Crippen molar-refractivity contribution in [3.05, 3.63) is 12.2 Å². The van der Waals surface area contributed by atoms with Gasteiger partial charge in [-0.2, -0.15) is 0 Å². The van der Waals surface area contributed by atoms with Crippen LogP contribution in [0.4, 0.5) is 0 Å². The fourth-order valence-electron chi connectivity index (χ4n) is 4.34. The number of allylic oxidation sites excluding steroid dienone is 2. The van der Waals surface area contributed by atoms with E-state index < -0.39 is 0 Å². The molecule has 0 saturated carbocycles. The van der Waals surface area contributed by atoms with Gasteiger partial charge in [-0.15, -0.1) is 0 Å². The topological polar surface area (TPSA) is 32.6 Å². The Morgan fingerprint density at radius 2 is 1.48 bits per heavy atom. The molecule has 2 atom stereocenters. The Morgan fingerprint density at radius 1 is 0.889 bits per heavy atom. The van der Waals surface area contributed by atoms with Crippen molar-refractivity contribution < 1.29 is 9.59 Å². The highest BCUT2D eigenvalue weighted by molar-refractivity contribution is 5.60. The lowest BCUT2D eigenvalue weighted by Gasteiger charge is -2.37. The van der Waals surface area contributed by atoms with Gasteiger partial charge in [0.25, 0.3) is 0 Å². The lowest BCUT2D eigenvalue weighted by Crippen LogP contribution is -2.53. The fourth-order valence-corrected chi connectivity index (χ4v) is 4.34. The first-order valence-electron chi connectivity index (χ1n) is 11.9. The van der Waals surface area contributed by atoms with Gasteiger partial charge in [0.15, 0.2) is 6.17 Å². The second-order valence-corrected chi connectivity index (χ2v) is 8.32. The summed E-state index contributed by atoms with van der Waals surface area (Å²) in [6.45, 7) is 7.68. The monoisotopic (exact) mass is 379 g/mol. The molecule has 2 unspecified atom stereocenters. The van der Waals surface area contributed by atoms with E-state index in [1.807, 2.05) is 0 Å². The second-order valence-electron chi connectivity index (χ2n) is 8.32. The number of likely N-dealkylation sites (N-methyl/N-ethyl adjacent to an activating group) is 1. The van der Waals surface area contributed by atoms with Crippen LogP contribution in [0.25, 0.3) is 0 Å². The van der Waals surface area contributed by atoms with Crippen LogP contribution in [0, 0.1) is 0 Å². The smallest absolute Gasteiger partial charge is 0.182 e. The number of aliphatic hydroxyl groups excluding tert-OH is 1. The standard InChI is InChI=1S/C24H47N2O/c1-3-5-6-7-8-9-10-11-12-13-14-15-16-17-18-19-24-25-20-21-26(24,4-2)22-23-27/h5-6,20,24,27H,3-4,7-19,21-23H2,1-2H3/q+1/b6-5+. The van der Waals surface area contributed by atoms with Gasteiger partial charge in [0, 0.05) is 6.42 Å². The average Bonchev–Trinajstić information content (AvgIpc) is 3.08. The van der Waals surface area contributed by atoms with E-state index in [-0.39, 0.29) is 6.61 Å². The number of rotatable bonds is 18. The van der Waals surface area contributed by atoms with Crippen LogP contribution in [0.3, 0.4) is 0 Å². The van der Waals surface area contributed by atoms with E-state index in [0.717, 1.165) is 24.1 Å². The van der Waals surface area contributed by atoms with Gasteiger partial charge in [-0.1, -0.05) is 76.9 Å². The molecule has 0 radical (unpaired) electrons. The average molecular weight is 380 g/mol. The molecule has 0 fully saturated rings. The molecule has 0 aliphatic carbocycles. The van der Waals surface area contributed by atoms with Crippen LogP contribution >= 0.6 is 0 Å². The molecule has 27 heavy (non-hydrogen) atoms. The molecule has 0 bridgehead atoms. The van der Waals surface area contributed by atoms with Gasteiger partial charge in [0.2, 0.25) is 0 Å². The summed E-state index contributed by atoms with van der Waals surface area (Å²) in [5.41, 5.74) is 0. The van der Waals surface area contributed by atoms with E-state index in [4.69, 9.17) is 4.99 Å². The van der Waals surface area contributed by atoms with Gasteiger partial charge >= 0.3 is 0 Å². The predicted octanol–water partition coefficient (Wildman–Crippen LogP) is 6.26. The van der Waals surface area contributed by atoms with Crippen molar-refractivity contribution in [1.29, 1.82) is 0 Å². The Labute approximate surface area is 169 Å². The van der Waals surface area contributed by atoms with Crippen molar-refractivity contribution in [3.8, 4) is 0 Å². The zero-order chi connectivity index (χ0) is 19.6. The summed E-state index contributed by atoms with van der Waals surface area (Å²) in [4.78, 5) is 4.71. The predicted molar refractivity (Wildman–Crippen MR) is 119 cm³/mol. The molecule has 0 aromatic rings. The highest BCUT2D eigenvalue weighted by Crippen LogP contribution is 2.24. The van der Waals surface area contributed by atoms with Crippen molar-refractivity contribution in [2.24, 2.45) is 4.99 Å². The molecule has 3 heteroatoms. The van der Waals surface area contributed by atoms with E-state index in [1.165, 1.54) is 89.9 Å². The van der Waals surface area contributed by atoms with E-state index in [9.17, 15) is 5.11 Å². The molecule has 0 saturated heterocycles. The minimum atomic E-state index is 0.281. The fraction of sp³-hybridized carbons (Fsp3) is 0.875. The van der Waals surface area contributed by atoms with Crippen LogP contribution in [0.15, 0.2) is 17.1 Å². The third-order valence-electron chi connectivity index (χ3n) is 6.27. The van der Waals surface area contributed by atoms with E-state index in [0.29, 0.717) is 6.17 Å². The van der Waals surface area contributed by atoms with Crippen LogP contribution in [0.5, 0.6) is 0 Å². The van der Waals surface area contributed by atoms with Crippen LogP contribution in [-0.4, -0.2) is 48.2 Å². The summed E-state index contributed by atoms with van der Waals surface area (Å²) < 4.78 is 0.978. The second kappa shape index (κ2) is 16.3. The van der Waals surface area contributed by atoms with E-state index >= 15 is 0 Å². The normalized spacial score (nSPS) is 22.3. The van der Waals surface area contributed by atoms with Gasteiger partial charge in [0.1, 0.15) is 13.1 Å². The summed E-state index contributed by atoms with van der Waals surface area (Å²) in [6.07, 6.45) is 26.1. The van der Waals surface area contributed by atoms with E-state index in [1.54, 1.807) is 0 Å². The molecular formula is C24H47N2O+. The number of unbranched alkanes of at least 4 members (excludes halogenated alkanes) is 11. The molecule has 0 aromatic carbocycles. The molecule has 0 aromatic heterocycles. The van der Waals surface area contributed by atoms with Gasteiger partial charge < -0.3 is 5.11 Å². The molecule has 1 heterocycles. The molecule has 0 spiro atoms. The van der Waals surface area contributed by atoms with Crippen molar-refractivity contribution in [2.45, 2.75) is 110 Å². The van der Waals surface area contributed by atoms with Crippen LogP contribution in [-0.2, 0) is 0 Å². The maximum absolute atomic E-state index is 9.37. The Kier molecular flexibility index (Phi) is 14.7. The first-order valence-corrected chi connectivity index (χ1v) is 11.9. The molecule has 3 nitrogen and oxygen atoms in total. The molecule has 0 amide bonds. The largest absolute Gasteiger partial charge is 0.391 e. The molecular weight excluding hydrogens is 332 g/mol. The summed E-state index contributed by atoms with van der Waals surface area (Å²) in [5.74, 6) is 0. The molecule has 1 N–H and O–H groups in total. The summed E-state index contributed by atoms with van der Waals surface area (Å²) in [7, 11) is 0. The van der Waals surface area contributed by atoms with Gasteiger partial charge in [-0.3, -0.25) is 4.48 Å². The van der Waals surface area contributed by atoms with Crippen molar-refractivity contribution >= 4 is 6.21 Å². The molecule has 1 aliphatic heterocycles. The van der Waals surface area contributed by atoms with Crippen LogP contribution in [0.2, 0.25) is 0 Å². The Balaban J connectivity index is 1.89. The maximum Gasteiger partial charge on any atom is 0.182 e. The number of hydrogen-bond donors (Lipinski definition) is 1. The first kappa shape index (κ1) is 24.4. The zero-order valence-corrected chi connectivity index (χ0v) is 18.4. The number of aliphatic imine (C=N–C) groups is 1. The third kappa shape index (κ3) is 10.4. The maximum atomic E-state index is 9.37. The van der Waals surface area contributed by atoms with Crippen LogP contribution in [0.1, 0.15) is 104 Å². The van der Waals surface area contributed by atoms with Crippen LogP contribution < -0.4 is 0 Å². The minimum Gasteiger partial charge on any atom is -0.391 e. The van der Waals surface area contributed by atoms with Crippen molar-refractivity contribution in [1.82, 2.24) is 0 Å². The SMILES string of the molecule is CC/C=C/CCCCCCCCCCCCCC1N=CC[N+]1(CC)CCO. The van der Waals surface area contributed by atoms with Gasteiger partial charge in [-0.05, 0) is 32.6 Å². The summed E-state index contributed by atoms with van der Waals surface area (Å²) in [6, 6.07) is 0. The van der Waals surface area contributed by atoms with Gasteiger partial charge in [-0.25, -0.2) is 4.99 Å². The quantitative estimate of drug-likeness (QED) is 0.170. The summed E-state index contributed by atoms with van der Waals surface area (Å²) >= 11 is 0. The van der Waals surface area contributed by atoms with Crippen molar-refractivity contribution in [2.75, 3.05) is 26.2 Å². The number of aliphatic hydroxyl groups is 1. The Bertz CT molecular complexity index is 394. The Hall–Kier alpha value is -0.670. The molecule has 1 rings (SSSR count). The number of quaternary nitrogens is 1. The number of nitrogens with zero attached hydrogens (tertiary/aromatic N) is 2. The summed E-state index contributed by atoms with van der Waals surface area (Å²) in [5, 5.41) is 9.37. The highest BCUT2D eigenvalue weighted by atomic mass is 16.3. The lowest BCUT2D eigenvalue weighted by atomic mass is 10.0. The highest BCUT2D eigenvalue weighted by Gasteiger charge is 2.36. The lowest BCUT2D eigenvalue weighted by molar-refractivity contribution is -0.936. The minimum absolute atomic E-state index is 0.281. The molecule has 158 valence electrons. The van der Waals surface area contributed by atoms with Gasteiger partial charge in [0.05, 0.1) is 19.4 Å². The Morgan fingerprint density at radius 3 is 2.04 bits per heavy atom. The van der Waals surface area contributed by atoms with Crippen molar-refractivity contribution in [3.63, 3.8) is 0 Å². The van der Waals surface area contributed by atoms with E-state index in [2.05, 4.69) is 32.2 Å². The third-order valence-corrected chi connectivity index (χ3v) is 6.27. The zero-order valence-electron chi connectivity index (χ0n) is 18.4.